The zero-order valence-corrected chi connectivity index (χ0v) is 13.9. The van der Waals surface area contributed by atoms with Crippen LogP contribution in [0.2, 0.25) is 0 Å². The van der Waals surface area contributed by atoms with Gasteiger partial charge in [0.1, 0.15) is 5.69 Å². The van der Waals surface area contributed by atoms with Crippen LogP contribution in [0.1, 0.15) is 16.8 Å². The molecule has 0 saturated heterocycles. The minimum absolute atomic E-state index is 0.0987. The van der Waals surface area contributed by atoms with Crippen LogP contribution in [0.4, 0.5) is 19.1 Å². The lowest BCUT2D eigenvalue weighted by Crippen LogP contribution is -2.28. The molecule has 0 radical (unpaired) electrons. The Morgan fingerprint density at radius 3 is 2.04 bits per heavy atom. The number of aromatic nitrogens is 2. The van der Waals surface area contributed by atoms with Crippen molar-refractivity contribution < 1.29 is 22.6 Å². The number of halogens is 3. The van der Waals surface area contributed by atoms with Gasteiger partial charge < -0.3 is 14.4 Å². The second-order valence-electron chi connectivity index (χ2n) is 5.70. The van der Waals surface area contributed by atoms with E-state index >= 15 is 0 Å². The number of benzene rings is 1. The molecule has 25 heavy (non-hydrogen) atoms. The molecule has 1 aromatic heterocycles. The van der Waals surface area contributed by atoms with E-state index in [4.69, 9.17) is 9.47 Å². The Balaban J connectivity index is 1.85. The van der Waals surface area contributed by atoms with Crippen molar-refractivity contribution in [1.82, 2.24) is 9.97 Å². The Bertz CT molecular complexity index is 730. The van der Waals surface area contributed by atoms with Crippen LogP contribution >= 0.6 is 0 Å². The summed E-state index contributed by atoms with van der Waals surface area (Å²) in [6.07, 6.45) is -2.01. The number of hydrogen-bond acceptors (Lipinski definition) is 5. The van der Waals surface area contributed by atoms with Crippen molar-refractivity contribution in [3.63, 3.8) is 0 Å². The molecule has 0 aliphatic carbocycles. The lowest BCUT2D eigenvalue weighted by molar-refractivity contribution is -0.141. The molecule has 3 rings (SSSR count). The van der Waals surface area contributed by atoms with E-state index in [0.29, 0.717) is 37.4 Å². The molecule has 2 heterocycles. The fourth-order valence-electron chi connectivity index (χ4n) is 2.91. The molecule has 8 heteroatoms. The van der Waals surface area contributed by atoms with Gasteiger partial charge in [-0.05, 0) is 42.2 Å². The summed E-state index contributed by atoms with van der Waals surface area (Å²) in [6, 6.07) is 4.72. The average molecular weight is 353 g/mol. The molecular formula is C17H18F3N3O2. The van der Waals surface area contributed by atoms with E-state index in [1.54, 1.807) is 19.1 Å². The number of fused-ring (bicyclic) bond motifs is 1. The number of methoxy groups -OCH3 is 2. The molecule has 0 atom stereocenters. The van der Waals surface area contributed by atoms with Gasteiger partial charge in [-0.2, -0.15) is 13.2 Å². The molecule has 1 aliphatic rings. The molecule has 0 bridgehead atoms. The van der Waals surface area contributed by atoms with Gasteiger partial charge >= 0.3 is 6.18 Å². The molecule has 0 N–H and O–H groups in total. The molecule has 0 unspecified atom stereocenters. The molecule has 1 aromatic carbocycles. The van der Waals surface area contributed by atoms with Crippen LogP contribution in [0.5, 0.6) is 11.5 Å². The van der Waals surface area contributed by atoms with Crippen LogP contribution in [0, 0.1) is 0 Å². The summed E-state index contributed by atoms with van der Waals surface area (Å²) < 4.78 is 49.2. The quantitative estimate of drug-likeness (QED) is 0.849. The van der Waals surface area contributed by atoms with Crippen molar-refractivity contribution in [2.24, 2.45) is 0 Å². The molecule has 134 valence electrons. The second kappa shape index (κ2) is 6.78. The molecule has 0 fully saturated rings. The lowest BCUT2D eigenvalue weighted by Gasteiger charge is -2.20. The number of rotatable bonds is 3. The van der Waals surface area contributed by atoms with Gasteiger partial charge in [-0.15, -0.1) is 0 Å². The molecule has 2 aromatic rings. The molecule has 0 saturated carbocycles. The third kappa shape index (κ3) is 3.62. The first-order chi connectivity index (χ1) is 11.9. The fourth-order valence-corrected chi connectivity index (χ4v) is 2.91. The van der Waals surface area contributed by atoms with E-state index in [0.717, 1.165) is 23.4 Å². The van der Waals surface area contributed by atoms with Gasteiger partial charge in [-0.25, -0.2) is 9.97 Å². The van der Waals surface area contributed by atoms with Crippen LogP contribution in [0.25, 0.3) is 0 Å². The summed E-state index contributed by atoms with van der Waals surface area (Å²) in [5.74, 6) is 1.39. The summed E-state index contributed by atoms with van der Waals surface area (Å²) >= 11 is 0. The Morgan fingerprint density at radius 2 is 1.56 bits per heavy atom. The third-order valence-corrected chi connectivity index (χ3v) is 4.22. The summed E-state index contributed by atoms with van der Waals surface area (Å²) in [5.41, 5.74) is 1.25. The highest BCUT2D eigenvalue weighted by Gasteiger charge is 2.33. The molecule has 1 aliphatic heterocycles. The highest BCUT2D eigenvalue weighted by atomic mass is 19.4. The summed E-state index contributed by atoms with van der Waals surface area (Å²) in [5, 5.41) is 0. The Morgan fingerprint density at radius 1 is 1.00 bits per heavy atom. The van der Waals surface area contributed by atoms with Crippen LogP contribution in [0.15, 0.2) is 24.4 Å². The maximum atomic E-state index is 12.9. The number of alkyl halides is 3. The average Bonchev–Trinajstić information content (AvgIpc) is 2.81. The first-order valence-corrected chi connectivity index (χ1v) is 7.81. The largest absolute Gasteiger partial charge is 0.493 e. The van der Waals surface area contributed by atoms with Gasteiger partial charge in [0.25, 0.3) is 0 Å². The van der Waals surface area contributed by atoms with Gasteiger partial charge in [0.2, 0.25) is 5.95 Å². The van der Waals surface area contributed by atoms with E-state index in [9.17, 15) is 13.2 Å². The van der Waals surface area contributed by atoms with Gasteiger partial charge in [-0.3, -0.25) is 0 Å². The number of ether oxygens (including phenoxy) is 2. The van der Waals surface area contributed by atoms with E-state index in [2.05, 4.69) is 9.97 Å². The Labute approximate surface area is 143 Å². The number of hydrogen-bond donors (Lipinski definition) is 0. The predicted molar refractivity (Wildman–Crippen MR) is 86.2 cm³/mol. The van der Waals surface area contributed by atoms with Crippen LogP contribution in [0.3, 0.4) is 0 Å². The topological polar surface area (TPSA) is 47.5 Å². The zero-order valence-electron chi connectivity index (χ0n) is 13.9. The molecule has 0 amide bonds. The molecule has 5 nitrogen and oxygen atoms in total. The van der Waals surface area contributed by atoms with Crippen molar-refractivity contribution in [1.29, 1.82) is 0 Å². The van der Waals surface area contributed by atoms with Crippen molar-refractivity contribution in [2.75, 3.05) is 32.2 Å². The normalized spacial score (nSPS) is 14.7. The van der Waals surface area contributed by atoms with Crippen LogP contribution in [-0.2, 0) is 19.0 Å². The monoisotopic (exact) mass is 353 g/mol. The van der Waals surface area contributed by atoms with Crippen molar-refractivity contribution in [3.05, 3.63) is 41.2 Å². The predicted octanol–water partition coefficient (Wildman–Crippen LogP) is 3.12. The zero-order chi connectivity index (χ0) is 18.0. The van der Waals surface area contributed by atoms with E-state index < -0.39 is 11.9 Å². The highest BCUT2D eigenvalue weighted by Crippen LogP contribution is 2.33. The van der Waals surface area contributed by atoms with Gasteiger partial charge in [0.15, 0.2) is 11.5 Å². The number of nitrogens with zero attached hydrogens (tertiary/aromatic N) is 3. The Kier molecular flexibility index (Phi) is 4.69. The first kappa shape index (κ1) is 17.3. The Hall–Kier alpha value is -2.51. The van der Waals surface area contributed by atoms with Crippen molar-refractivity contribution >= 4 is 5.95 Å². The van der Waals surface area contributed by atoms with E-state index in [-0.39, 0.29) is 5.95 Å². The smallest absolute Gasteiger partial charge is 0.433 e. The van der Waals surface area contributed by atoms with Crippen molar-refractivity contribution in [2.45, 2.75) is 19.0 Å². The van der Waals surface area contributed by atoms with Gasteiger partial charge in [-0.1, -0.05) is 0 Å². The minimum atomic E-state index is -4.48. The molecular weight excluding hydrogens is 335 g/mol. The van der Waals surface area contributed by atoms with Crippen LogP contribution < -0.4 is 14.4 Å². The SMILES string of the molecule is COc1cc2c(cc1OC)CCN(c1nccc(C(F)(F)F)n1)CC2. The maximum Gasteiger partial charge on any atom is 0.433 e. The standard InChI is InChI=1S/C17H18F3N3O2/c1-24-13-9-11-4-7-23(8-5-12(11)10-14(13)25-2)16-21-6-3-15(22-16)17(18,19)20/h3,6,9-10H,4-5,7-8H2,1-2H3. The van der Waals surface area contributed by atoms with Gasteiger partial charge in [0, 0.05) is 19.3 Å². The van der Waals surface area contributed by atoms with Gasteiger partial charge in [0.05, 0.1) is 14.2 Å². The minimum Gasteiger partial charge on any atom is -0.493 e. The summed E-state index contributed by atoms with van der Waals surface area (Å²) in [4.78, 5) is 9.47. The second-order valence-corrected chi connectivity index (χ2v) is 5.70. The first-order valence-electron chi connectivity index (χ1n) is 7.81. The molecule has 0 spiro atoms. The summed E-state index contributed by atoms with van der Waals surface area (Å²) in [6.45, 7) is 1.06. The third-order valence-electron chi connectivity index (χ3n) is 4.22. The van der Waals surface area contributed by atoms with Crippen molar-refractivity contribution in [3.8, 4) is 11.5 Å². The van der Waals surface area contributed by atoms with E-state index in [1.807, 2.05) is 12.1 Å². The highest BCUT2D eigenvalue weighted by molar-refractivity contribution is 5.49. The van der Waals surface area contributed by atoms with Crippen LogP contribution in [-0.4, -0.2) is 37.3 Å². The lowest BCUT2D eigenvalue weighted by atomic mass is 10.0. The van der Waals surface area contributed by atoms with E-state index in [1.165, 1.54) is 0 Å². The summed E-state index contributed by atoms with van der Waals surface area (Å²) in [7, 11) is 3.15. The fraction of sp³-hybridized carbons (Fsp3) is 0.412. The number of anilines is 1. The maximum absolute atomic E-state index is 12.9.